The van der Waals surface area contributed by atoms with E-state index in [0.29, 0.717) is 18.3 Å². The van der Waals surface area contributed by atoms with Gasteiger partial charge in [-0.2, -0.15) is 26.7 Å². The SMILES string of the molecule is C[C@]12CCC3c4cc(OCC(F)(F)F)c(OS(N)(=O)=O)cc4CCC3C13CC3C[C@@H]2O. The molecule has 3 fully saturated rings. The van der Waals surface area contributed by atoms with Crippen LogP contribution in [-0.2, 0) is 16.7 Å². The molecule has 6 nitrogen and oxygen atoms in total. The van der Waals surface area contributed by atoms with Gasteiger partial charge in [-0.05, 0) is 90.4 Å². The van der Waals surface area contributed by atoms with Crippen LogP contribution in [0.25, 0.3) is 0 Å². The van der Waals surface area contributed by atoms with Gasteiger partial charge < -0.3 is 14.0 Å². The Morgan fingerprint density at radius 2 is 2.00 bits per heavy atom. The lowest BCUT2D eigenvalue weighted by atomic mass is 9.52. The van der Waals surface area contributed by atoms with Crippen molar-refractivity contribution in [1.29, 1.82) is 0 Å². The Hall–Kier alpha value is -1.52. The van der Waals surface area contributed by atoms with Crippen LogP contribution in [0.1, 0.15) is 56.1 Å². The number of alkyl halides is 3. The fraction of sp³-hybridized carbons (Fsp3) is 0.714. The van der Waals surface area contributed by atoms with Crippen molar-refractivity contribution in [2.24, 2.45) is 27.8 Å². The highest BCUT2D eigenvalue weighted by molar-refractivity contribution is 7.84. The third-order valence-corrected chi connectivity index (χ3v) is 8.92. The van der Waals surface area contributed by atoms with Gasteiger partial charge in [0, 0.05) is 0 Å². The first-order valence-corrected chi connectivity index (χ1v) is 12.1. The number of hydrogen-bond acceptors (Lipinski definition) is 5. The molecule has 0 saturated heterocycles. The van der Waals surface area contributed by atoms with Crippen LogP contribution < -0.4 is 14.1 Å². The molecule has 4 aliphatic carbocycles. The van der Waals surface area contributed by atoms with E-state index in [1.165, 1.54) is 12.1 Å². The van der Waals surface area contributed by atoms with Gasteiger partial charge in [0.2, 0.25) is 0 Å². The number of rotatable bonds is 4. The summed E-state index contributed by atoms with van der Waals surface area (Å²) in [5.41, 5.74) is 1.74. The molecule has 172 valence electrons. The van der Waals surface area contributed by atoms with Gasteiger partial charge in [0.15, 0.2) is 18.1 Å². The van der Waals surface area contributed by atoms with Gasteiger partial charge in [0.05, 0.1) is 6.10 Å². The number of halogens is 3. The Kier molecular flexibility index (Phi) is 4.48. The van der Waals surface area contributed by atoms with E-state index >= 15 is 0 Å². The topological polar surface area (TPSA) is 98.9 Å². The summed E-state index contributed by atoms with van der Waals surface area (Å²) >= 11 is 0. The van der Waals surface area contributed by atoms with E-state index in [2.05, 4.69) is 6.92 Å². The number of aryl methyl sites for hydroxylation is 1. The molecule has 1 spiro atoms. The van der Waals surface area contributed by atoms with Crippen LogP contribution >= 0.6 is 0 Å². The molecular weight excluding hydrogens is 435 g/mol. The minimum absolute atomic E-state index is 0.0930. The number of aliphatic hydroxyl groups excluding tert-OH is 1. The molecule has 3 N–H and O–H groups in total. The molecule has 4 unspecified atom stereocenters. The standard InChI is InChI=1S/C21H26F3NO5S/c1-19-5-4-13-14-8-16(29-10-21(22,23)24)17(30-31(25,27)28)6-11(14)2-3-15(13)20(19)9-12(20)7-18(19)26/h6,8,12-13,15,18,26H,2-5,7,9-10H2,1H3,(H2,25,27,28)/t12?,13?,15?,18-,19+,20?/m0/s1. The van der Waals surface area contributed by atoms with Gasteiger partial charge in [-0.15, -0.1) is 0 Å². The highest BCUT2D eigenvalue weighted by Crippen LogP contribution is 2.81. The maximum absolute atomic E-state index is 12.8. The number of nitrogens with two attached hydrogens (primary N) is 1. The Morgan fingerprint density at radius 1 is 1.26 bits per heavy atom. The first-order valence-electron chi connectivity index (χ1n) is 10.6. The van der Waals surface area contributed by atoms with Crippen LogP contribution in [0.15, 0.2) is 12.1 Å². The van der Waals surface area contributed by atoms with E-state index in [0.717, 1.165) is 43.2 Å². The molecule has 5 rings (SSSR count). The maximum Gasteiger partial charge on any atom is 0.422 e. The molecule has 1 aromatic carbocycles. The molecule has 0 heterocycles. The predicted molar refractivity (Wildman–Crippen MR) is 105 cm³/mol. The van der Waals surface area contributed by atoms with Gasteiger partial charge in [-0.3, -0.25) is 0 Å². The highest BCUT2D eigenvalue weighted by Gasteiger charge is 2.76. The summed E-state index contributed by atoms with van der Waals surface area (Å²) in [6.07, 6.45) is 0.294. The Morgan fingerprint density at radius 3 is 2.68 bits per heavy atom. The number of benzene rings is 1. The second kappa shape index (κ2) is 6.51. The molecule has 1 aromatic rings. The molecule has 0 amide bonds. The quantitative estimate of drug-likeness (QED) is 0.716. The summed E-state index contributed by atoms with van der Waals surface area (Å²) in [5.74, 6) is 0.414. The van der Waals surface area contributed by atoms with Crippen LogP contribution in [0, 0.1) is 22.7 Å². The van der Waals surface area contributed by atoms with Crippen LogP contribution in [-0.4, -0.2) is 32.4 Å². The number of hydrogen-bond donors (Lipinski definition) is 2. The molecule has 0 bridgehead atoms. The fourth-order valence-corrected chi connectivity index (χ4v) is 7.64. The molecule has 3 saturated carbocycles. The second-order valence-electron chi connectivity index (χ2n) is 9.88. The number of ether oxygens (including phenoxy) is 1. The summed E-state index contributed by atoms with van der Waals surface area (Å²) in [5, 5.41) is 15.6. The summed E-state index contributed by atoms with van der Waals surface area (Å²) < 4.78 is 70.9. The normalized spacial score (nSPS) is 38.5. The first-order chi connectivity index (χ1) is 14.3. The molecule has 0 radical (unpaired) electrons. The largest absolute Gasteiger partial charge is 0.480 e. The Labute approximate surface area is 179 Å². The zero-order valence-electron chi connectivity index (χ0n) is 17.1. The lowest BCUT2D eigenvalue weighted by Gasteiger charge is -2.52. The van der Waals surface area contributed by atoms with Gasteiger partial charge in [0.25, 0.3) is 0 Å². The van der Waals surface area contributed by atoms with E-state index in [9.17, 15) is 26.7 Å². The molecule has 6 atom stereocenters. The zero-order chi connectivity index (χ0) is 22.4. The van der Waals surface area contributed by atoms with E-state index < -0.39 is 23.1 Å². The Bertz CT molecular complexity index is 1030. The zero-order valence-corrected chi connectivity index (χ0v) is 17.9. The van der Waals surface area contributed by atoms with Crippen molar-refractivity contribution in [3.8, 4) is 11.5 Å². The second-order valence-corrected chi connectivity index (χ2v) is 11.0. The van der Waals surface area contributed by atoms with Gasteiger partial charge >= 0.3 is 16.5 Å². The summed E-state index contributed by atoms with van der Waals surface area (Å²) in [4.78, 5) is 0. The summed E-state index contributed by atoms with van der Waals surface area (Å²) in [6, 6.07) is 2.97. The smallest absolute Gasteiger partial charge is 0.422 e. The van der Waals surface area contributed by atoms with Crippen LogP contribution in [0.2, 0.25) is 0 Å². The van der Waals surface area contributed by atoms with E-state index in [1.807, 2.05) is 0 Å². The molecule has 10 heteroatoms. The Balaban J connectivity index is 1.52. The molecule has 0 aliphatic heterocycles. The van der Waals surface area contributed by atoms with Crippen molar-refractivity contribution in [3.63, 3.8) is 0 Å². The van der Waals surface area contributed by atoms with Crippen molar-refractivity contribution >= 4 is 10.3 Å². The number of fused-ring (bicyclic) bond motifs is 3. The predicted octanol–water partition coefficient (Wildman–Crippen LogP) is 3.43. The lowest BCUT2D eigenvalue weighted by molar-refractivity contribution is -0.153. The minimum atomic E-state index is -4.58. The van der Waals surface area contributed by atoms with Crippen molar-refractivity contribution in [2.75, 3.05) is 6.61 Å². The minimum Gasteiger partial charge on any atom is -0.480 e. The van der Waals surface area contributed by atoms with Crippen molar-refractivity contribution in [3.05, 3.63) is 23.3 Å². The van der Waals surface area contributed by atoms with Gasteiger partial charge in [-0.25, -0.2) is 0 Å². The number of aliphatic hydroxyl groups is 1. The van der Waals surface area contributed by atoms with Crippen LogP contribution in [0.4, 0.5) is 13.2 Å². The van der Waals surface area contributed by atoms with Crippen LogP contribution in [0.3, 0.4) is 0 Å². The third-order valence-electron chi connectivity index (χ3n) is 8.51. The lowest BCUT2D eigenvalue weighted by Crippen LogP contribution is -2.47. The molecule has 31 heavy (non-hydrogen) atoms. The summed E-state index contributed by atoms with van der Waals surface area (Å²) in [7, 11) is -4.42. The first kappa shape index (κ1) is 21.3. The maximum atomic E-state index is 12.8. The summed E-state index contributed by atoms with van der Waals surface area (Å²) in [6.45, 7) is 0.633. The van der Waals surface area contributed by atoms with E-state index in [1.54, 1.807) is 0 Å². The molecule has 0 aromatic heterocycles. The van der Waals surface area contributed by atoms with Crippen molar-refractivity contribution in [1.82, 2.24) is 0 Å². The van der Waals surface area contributed by atoms with E-state index in [-0.39, 0.29) is 34.4 Å². The molecule has 4 aliphatic rings. The fourth-order valence-electron chi connectivity index (χ4n) is 7.26. The third kappa shape index (κ3) is 3.24. The van der Waals surface area contributed by atoms with Crippen molar-refractivity contribution < 1.29 is 35.6 Å². The van der Waals surface area contributed by atoms with Gasteiger partial charge in [0.1, 0.15) is 0 Å². The van der Waals surface area contributed by atoms with E-state index in [4.69, 9.17) is 14.1 Å². The van der Waals surface area contributed by atoms with Crippen molar-refractivity contribution in [2.45, 2.75) is 63.6 Å². The average molecular weight is 462 g/mol. The highest BCUT2D eigenvalue weighted by atomic mass is 32.2. The van der Waals surface area contributed by atoms with Crippen LogP contribution in [0.5, 0.6) is 11.5 Å². The average Bonchev–Trinajstić information content (AvgIpc) is 3.30. The van der Waals surface area contributed by atoms with Gasteiger partial charge in [-0.1, -0.05) is 6.92 Å². The monoisotopic (exact) mass is 461 g/mol. The molecular formula is C21H26F3NO5S.